The van der Waals surface area contributed by atoms with Crippen LogP contribution in [0.4, 0.5) is 5.69 Å². The highest BCUT2D eigenvalue weighted by Gasteiger charge is 2.25. The molecule has 0 unspecified atom stereocenters. The number of benzene rings is 1. The molecule has 0 fully saturated rings. The Hall–Kier alpha value is -1.65. The molecule has 0 heterocycles. The summed E-state index contributed by atoms with van der Waals surface area (Å²) >= 11 is 0. The number of carbonyl (C=O) groups excluding carboxylic acids is 1. The Morgan fingerprint density at radius 3 is 2.55 bits per heavy atom. The number of carbonyl (C=O) groups is 1. The fourth-order valence-corrected chi connectivity index (χ4v) is 2.71. The second kappa shape index (κ2) is 7.22. The molecule has 0 amide bonds. The third-order valence-electron chi connectivity index (χ3n) is 2.61. The minimum absolute atomic E-state index is 0.0757. The van der Waals surface area contributed by atoms with Gasteiger partial charge in [-0.3, -0.25) is 9.36 Å². The van der Waals surface area contributed by atoms with Crippen LogP contribution in [0, 0.1) is 6.92 Å². The lowest BCUT2D eigenvalue weighted by Crippen LogP contribution is -2.10. The van der Waals surface area contributed by atoms with E-state index in [9.17, 15) is 9.36 Å². The van der Waals surface area contributed by atoms with Crippen molar-refractivity contribution in [2.75, 3.05) is 20.4 Å². The van der Waals surface area contributed by atoms with E-state index in [1.165, 1.54) is 14.2 Å². The Labute approximate surface area is 117 Å². The minimum Gasteiger partial charge on any atom is -0.312 e. The predicted octanol–water partition coefficient (Wildman–Crippen LogP) is 3.53. The van der Waals surface area contributed by atoms with Gasteiger partial charge >= 0.3 is 7.60 Å². The molecule has 0 radical (unpaired) electrons. The molecule has 0 saturated carbocycles. The van der Waals surface area contributed by atoms with Gasteiger partial charge in [-0.15, -0.1) is 0 Å². The summed E-state index contributed by atoms with van der Waals surface area (Å²) in [5.74, 6) is -0.269. The molecule has 0 aliphatic heterocycles. The number of aryl methyl sites for hydroxylation is 1. The van der Waals surface area contributed by atoms with Gasteiger partial charge in [0.25, 0.3) is 0 Å². The topological polar surface area (TPSA) is 101 Å². The third kappa shape index (κ3) is 4.79. The molecule has 20 heavy (non-hydrogen) atoms. The van der Waals surface area contributed by atoms with E-state index in [1.807, 2.05) is 6.92 Å². The summed E-state index contributed by atoms with van der Waals surface area (Å²) in [4.78, 5) is 14.6. The second-order valence-electron chi connectivity index (χ2n) is 4.22. The molecule has 0 N–H and O–H groups in total. The molecule has 1 aromatic rings. The summed E-state index contributed by atoms with van der Waals surface area (Å²) in [7, 11) is -0.862. The predicted molar refractivity (Wildman–Crippen MR) is 75.2 cm³/mol. The highest BCUT2D eigenvalue weighted by Crippen LogP contribution is 2.46. The molecule has 0 aromatic heterocycles. The van der Waals surface area contributed by atoms with Gasteiger partial charge in [0, 0.05) is 31.2 Å². The van der Waals surface area contributed by atoms with Gasteiger partial charge in [0.2, 0.25) is 0 Å². The summed E-state index contributed by atoms with van der Waals surface area (Å²) in [6, 6.07) is 5.14. The van der Waals surface area contributed by atoms with E-state index >= 15 is 0 Å². The van der Waals surface area contributed by atoms with Gasteiger partial charge in [0.05, 0.1) is 0 Å². The van der Waals surface area contributed by atoms with Crippen LogP contribution < -0.4 is 0 Å². The second-order valence-corrected chi connectivity index (χ2v) is 6.48. The fraction of sp³-hybridized carbons (Fsp3) is 0.417. The van der Waals surface area contributed by atoms with Crippen molar-refractivity contribution >= 4 is 19.1 Å². The molecule has 1 rings (SSSR count). The maximum Gasteiger partial charge on any atom is 0.337 e. The number of ketones is 1. The summed E-state index contributed by atoms with van der Waals surface area (Å²) in [5, 5.41) is 3.51. The van der Waals surface area contributed by atoms with Gasteiger partial charge in [-0.25, -0.2) is 0 Å². The van der Waals surface area contributed by atoms with Crippen LogP contribution in [0.1, 0.15) is 11.1 Å². The number of Topliss-reactive ketones (excluding diaryl/α,β-unsaturated/α-hetero) is 1. The van der Waals surface area contributed by atoms with E-state index in [1.54, 1.807) is 18.2 Å². The van der Waals surface area contributed by atoms with Crippen molar-refractivity contribution < 1.29 is 18.4 Å². The normalized spacial score (nSPS) is 10.9. The van der Waals surface area contributed by atoms with Gasteiger partial charge in [-0.1, -0.05) is 16.7 Å². The van der Waals surface area contributed by atoms with Crippen LogP contribution in [0.5, 0.6) is 0 Å². The summed E-state index contributed by atoms with van der Waals surface area (Å²) in [6.45, 7) is 1.83. The van der Waals surface area contributed by atoms with Crippen molar-refractivity contribution in [2.24, 2.45) is 5.11 Å². The Morgan fingerprint density at radius 1 is 1.35 bits per heavy atom. The lowest BCUT2D eigenvalue weighted by molar-refractivity contribution is -0.116. The molecular weight excluding hydrogens is 281 g/mol. The zero-order chi connectivity index (χ0) is 15.2. The monoisotopic (exact) mass is 297 g/mol. The lowest BCUT2D eigenvalue weighted by Gasteiger charge is -2.12. The first-order chi connectivity index (χ1) is 9.42. The molecular formula is C12H16N3O4P. The molecule has 108 valence electrons. The van der Waals surface area contributed by atoms with Crippen LogP contribution in [0.25, 0.3) is 10.4 Å². The summed E-state index contributed by atoms with van der Waals surface area (Å²) in [6.07, 6.45) is -0.211. The number of nitrogens with zero attached hydrogens (tertiary/aromatic N) is 3. The molecule has 0 spiro atoms. The molecule has 0 bridgehead atoms. The van der Waals surface area contributed by atoms with E-state index in [0.29, 0.717) is 11.3 Å². The molecule has 8 heteroatoms. The Balaban J connectivity index is 2.85. The van der Waals surface area contributed by atoms with Crippen LogP contribution in [-0.4, -0.2) is 26.2 Å². The van der Waals surface area contributed by atoms with Crippen LogP contribution >= 0.6 is 7.60 Å². The maximum atomic E-state index is 11.9. The first-order valence-electron chi connectivity index (χ1n) is 5.80. The van der Waals surface area contributed by atoms with Crippen molar-refractivity contribution in [2.45, 2.75) is 13.3 Å². The van der Waals surface area contributed by atoms with Gasteiger partial charge in [-0.05, 0) is 30.2 Å². The zero-order valence-corrected chi connectivity index (χ0v) is 12.5. The minimum atomic E-state index is -3.34. The van der Waals surface area contributed by atoms with E-state index in [0.717, 1.165) is 5.56 Å². The molecule has 7 nitrogen and oxygen atoms in total. The van der Waals surface area contributed by atoms with Gasteiger partial charge in [0.1, 0.15) is 11.9 Å². The number of rotatable bonds is 7. The average Bonchev–Trinajstić information content (AvgIpc) is 2.38. The first-order valence-corrected chi connectivity index (χ1v) is 7.53. The third-order valence-corrected chi connectivity index (χ3v) is 4.46. The van der Waals surface area contributed by atoms with Crippen molar-refractivity contribution in [3.05, 3.63) is 39.8 Å². The number of hydrogen-bond acceptors (Lipinski definition) is 5. The van der Waals surface area contributed by atoms with Crippen molar-refractivity contribution in [3.63, 3.8) is 0 Å². The quantitative estimate of drug-likeness (QED) is 0.332. The summed E-state index contributed by atoms with van der Waals surface area (Å²) < 4.78 is 21.3. The molecule has 0 atom stereocenters. The van der Waals surface area contributed by atoms with E-state index < -0.39 is 7.60 Å². The number of azide groups is 1. The average molecular weight is 297 g/mol. The Bertz CT molecular complexity index is 588. The smallest absolute Gasteiger partial charge is 0.312 e. The van der Waals surface area contributed by atoms with Crippen LogP contribution in [0.2, 0.25) is 0 Å². The number of hydrogen-bond donors (Lipinski definition) is 0. The largest absolute Gasteiger partial charge is 0.337 e. The van der Waals surface area contributed by atoms with Crippen LogP contribution in [0.15, 0.2) is 23.3 Å². The van der Waals surface area contributed by atoms with Crippen LogP contribution in [-0.2, 0) is 24.8 Å². The standard InChI is InChI=1S/C12H16N3O4P/c1-9-4-10(6-11(5-9)14-15-13)7-12(16)8-20(17,18-2)19-3/h4-6H,7-8H2,1-3H3. The van der Waals surface area contributed by atoms with Crippen molar-refractivity contribution in [3.8, 4) is 0 Å². The zero-order valence-electron chi connectivity index (χ0n) is 11.6. The van der Waals surface area contributed by atoms with Gasteiger partial charge in [0.15, 0.2) is 0 Å². The van der Waals surface area contributed by atoms with Gasteiger partial charge in [-0.2, -0.15) is 0 Å². The van der Waals surface area contributed by atoms with Crippen molar-refractivity contribution in [1.29, 1.82) is 0 Å². The maximum absolute atomic E-state index is 11.9. The highest BCUT2D eigenvalue weighted by atomic mass is 31.2. The van der Waals surface area contributed by atoms with E-state index in [2.05, 4.69) is 10.0 Å². The molecule has 0 aliphatic rings. The summed E-state index contributed by atoms with van der Waals surface area (Å²) in [5.41, 5.74) is 10.4. The highest BCUT2D eigenvalue weighted by molar-refractivity contribution is 7.54. The first kappa shape index (κ1) is 16.4. The fourth-order valence-electron chi connectivity index (χ4n) is 1.76. The molecule has 0 aliphatic carbocycles. The van der Waals surface area contributed by atoms with Crippen molar-refractivity contribution in [1.82, 2.24) is 0 Å². The molecule has 0 saturated heterocycles. The van der Waals surface area contributed by atoms with E-state index in [4.69, 9.17) is 14.6 Å². The van der Waals surface area contributed by atoms with Gasteiger partial charge < -0.3 is 9.05 Å². The SMILES string of the molecule is COP(=O)(CC(=O)Cc1cc(C)cc(N=[N+]=[N-])c1)OC. The Morgan fingerprint density at radius 2 is 2.00 bits per heavy atom. The van der Waals surface area contributed by atoms with Crippen LogP contribution in [0.3, 0.4) is 0 Å². The lowest BCUT2D eigenvalue weighted by atomic mass is 10.1. The van der Waals surface area contributed by atoms with E-state index in [-0.39, 0.29) is 18.4 Å². The molecule has 1 aromatic carbocycles. The Kier molecular flexibility index (Phi) is 5.92.